The van der Waals surface area contributed by atoms with E-state index in [2.05, 4.69) is 15.9 Å². The Labute approximate surface area is 198 Å². The summed E-state index contributed by atoms with van der Waals surface area (Å²) in [6.45, 7) is 0. The SMILES string of the molecule is COc1cccc2c1-c1ccc(-c3ccccc3S(N)(=O)=O)cc1C(c1ccc(Br)s1)O2. The quantitative estimate of drug-likeness (QED) is 0.353. The van der Waals surface area contributed by atoms with Crippen molar-refractivity contribution >= 4 is 37.3 Å². The summed E-state index contributed by atoms with van der Waals surface area (Å²) < 4.78 is 37.4. The first kappa shape index (κ1) is 21.2. The Bertz CT molecular complexity index is 1450. The van der Waals surface area contributed by atoms with Crippen molar-refractivity contribution in [1.29, 1.82) is 0 Å². The molecule has 5 nitrogen and oxygen atoms in total. The zero-order chi connectivity index (χ0) is 22.5. The van der Waals surface area contributed by atoms with Gasteiger partial charge in [-0.3, -0.25) is 0 Å². The zero-order valence-corrected chi connectivity index (χ0v) is 20.1. The number of hydrogen-bond donors (Lipinski definition) is 1. The summed E-state index contributed by atoms with van der Waals surface area (Å²) in [5.41, 5.74) is 4.09. The third-order valence-corrected chi connectivity index (χ3v) is 8.05. The Hall–Kier alpha value is -2.65. The maximum absolute atomic E-state index is 12.2. The van der Waals surface area contributed by atoms with Gasteiger partial charge in [-0.1, -0.05) is 36.4 Å². The summed E-state index contributed by atoms with van der Waals surface area (Å²) in [4.78, 5) is 1.12. The van der Waals surface area contributed by atoms with E-state index in [1.54, 1.807) is 36.6 Å². The highest BCUT2D eigenvalue weighted by molar-refractivity contribution is 9.11. The number of nitrogens with two attached hydrogens (primary N) is 1. The van der Waals surface area contributed by atoms with Crippen LogP contribution in [0.25, 0.3) is 22.3 Å². The van der Waals surface area contributed by atoms with Crippen LogP contribution < -0.4 is 14.6 Å². The van der Waals surface area contributed by atoms with Gasteiger partial charge >= 0.3 is 0 Å². The van der Waals surface area contributed by atoms with Crippen LogP contribution in [0.5, 0.6) is 11.5 Å². The van der Waals surface area contributed by atoms with Crippen LogP contribution in [0.15, 0.2) is 81.5 Å². The first-order chi connectivity index (χ1) is 15.4. The van der Waals surface area contributed by atoms with E-state index in [-0.39, 0.29) is 11.0 Å². The van der Waals surface area contributed by atoms with Crippen molar-refractivity contribution in [2.24, 2.45) is 5.14 Å². The van der Waals surface area contributed by atoms with Crippen LogP contribution in [-0.2, 0) is 10.0 Å². The van der Waals surface area contributed by atoms with Gasteiger partial charge in [0.15, 0.2) is 6.10 Å². The second-order valence-electron chi connectivity index (χ2n) is 7.32. The molecule has 1 atom stereocenters. The van der Waals surface area contributed by atoms with Crippen LogP contribution in [0.4, 0.5) is 0 Å². The van der Waals surface area contributed by atoms with Crippen LogP contribution in [0.3, 0.4) is 0 Å². The molecular weight excluding hydrogens is 510 g/mol. The minimum atomic E-state index is -3.88. The third kappa shape index (κ3) is 3.63. The molecule has 0 spiro atoms. The van der Waals surface area contributed by atoms with E-state index in [1.807, 2.05) is 48.5 Å². The van der Waals surface area contributed by atoms with Gasteiger partial charge in [-0.25, -0.2) is 13.6 Å². The summed E-state index contributed by atoms with van der Waals surface area (Å²) in [5, 5.41) is 5.48. The lowest BCUT2D eigenvalue weighted by Gasteiger charge is -2.30. The van der Waals surface area contributed by atoms with E-state index in [0.29, 0.717) is 11.3 Å². The first-order valence-electron chi connectivity index (χ1n) is 9.72. The Morgan fingerprint density at radius 1 is 1.00 bits per heavy atom. The van der Waals surface area contributed by atoms with Crippen LogP contribution in [-0.4, -0.2) is 15.5 Å². The van der Waals surface area contributed by atoms with Gasteiger partial charge in [-0.05, 0) is 63.5 Å². The van der Waals surface area contributed by atoms with Crippen molar-refractivity contribution in [3.8, 4) is 33.8 Å². The van der Waals surface area contributed by atoms with Gasteiger partial charge in [0.25, 0.3) is 0 Å². The minimum Gasteiger partial charge on any atom is -0.496 e. The van der Waals surface area contributed by atoms with Crippen molar-refractivity contribution in [3.63, 3.8) is 0 Å². The summed E-state index contributed by atoms with van der Waals surface area (Å²) in [7, 11) is -2.25. The Morgan fingerprint density at radius 3 is 2.53 bits per heavy atom. The fourth-order valence-electron chi connectivity index (χ4n) is 4.04. The average Bonchev–Trinajstić information content (AvgIpc) is 3.23. The van der Waals surface area contributed by atoms with E-state index in [4.69, 9.17) is 14.6 Å². The van der Waals surface area contributed by atoms with E-state index < -0.39 is 10.0 Å². The molecule has 0 saturated carbocycles. The molecule has 0 radical (unpaired) electrons. The molecule has 0 saturated heterocycles. The van der Waals surface area contributed by atoms with Crippen molar-refractivity contribution in [1.82, 2.24) is 0 Å². The second-order valence-corrected chi connectivity index (χ2v) is 11.3. The number of methoxy groups -OCH3 is 1. The number of halogens is 1. The lowest BCUT2D eigenvalue weighted by Crippen LogP contribution is -2.16. The van der Waals surface area contributed by atoms with Gasteiger partial charge in [-0.2, -0.15) is 0 Å². The lowest BCUT2D eigenvalue weighted by molar-refractivity contribution is 0.246. The molecule has 0 amide bonds. The van der Waals surface area contributed by atoms with Crippen molar-refractivity contribution in [3.05, 3.63) is 87.0 Å². The van der Waals surface area contributed by atoms with Crippen molar-refractivity contribution in [2.75, 3.05) is 7.11 Å². The molecule has 3 aromatic carbocycles. The van der Waals surface area contributed by atoms with Gasteiger partial charge in [0, 0.05) is 11.1 Å². The molecule has 32 heavy (non-hydrogen) atoms. The molecule has 5 rings (SSSR count). The van der Waals surface area contributed by atoms with Crippen LogP contribution in [0, 0.1) is 0 Å². The number of primary sulfonamides is 1. The second kappa shape index (κ2) is 8.04. The van der Waals surface area contributed by atoms with E-state index in [1.165, 1.54) is 6.07 Å². The molecular formula is C24H18BrNO4S2. The standard InChI is InChI=1S/C24H18BrNO4S2/c1-29-18-6-4-7-19-23(18)16-10-9-14(15-5-2-3-8-21(15)32(26,27)28)13-17(16)24(30-19)20-11-12-22(25)31-20/h2-13,24H,1H3,(H2,26,27,28). The van der Waals surface area contributed by atoms with Crippen molar-refractivity contribution in [2.45, 2.75) is 11.0 Å². The molecule has 2 N–H and O–H groups in total. The molecule has 0 aliphatic carbocycles. The fourth-order valence-corrected chi connectivity index (χ4v) is 6.28. The van der Waals surface area contributed by atoms with Crippen LogP contribution >= 0.6 is 27.3 Å². The molecule has 0 fully saturated rings. The Morgan fingerprint density at radius 2 is 1.81 bits per heavy atom. The fraction of sp³-hybridized carbons (Fsp3) is 0.0833. The molecule has 8 heteroatoms. The van der Waals surface area contributed by atoms with Crippen LogP contribution in [0.2, 0.25) is 0 Å². The predicted octanol–water partition coefficient (Wildman–Crippen LogP) is 5.98. The smallest absolute Gasteiger partial charge is 0.238 e. The molecule has 2 heterocycles. The van der Waals surface area contributed by atoms with Gasteiger partial charge < -0.3 is 9.47 Å². The van der Waals surface area contributed by atoms with E-state index in [0.717, 1.165) is 36.7 Å². The molecule has 4 aromatic rings. The molecule has 1 aliphatic rings. The van der Waals surface area contributed by atoms with Crippen molar-refractivity contribution < 1.29 is 17.9 Å². The highest BCUT2D eigenvalue weighted by atomic mass is 79.9. The summed E-state index contributed by atoms with van der Waals surface area (Å²) in [6, 6.07) is 22.4. The third-order valence-electron chi connectivity index (χ3n) is 5.41. The predicted molar refractivity (Wildman–Crippen MR) is 130 cm³/mol. The number of ether oxygens (including phenoxy) is 2. The number of fused-ring (bicyclic) bond motifs is 3. The summed E-state index contributed by atoms with van der Waals surface area (Å²) in [6.07, 6.45) is -0.345. The lowest BCUT2D eigenvalue weighted by atomic mass is 9.88. The number of sulfonamides is 1. The maximum atomic E-state index is 12.2. The monoisotopic (exact) mass is 527 g/mol. The molecule has 162 valence electrons. The van der Waals surface area contributed by atoms with Gasteiger partial charge in [0.2, 0.25) is 10.0 Å². The number of benzene rings is 3. The molecule has 0 bridgehead atoms. The number of thiophene rings is 1. The number of rotatable bonds is 4. The Kier molecular flexibility index (Phi) is 5.33. The Balaban J connectivity index is 1.76. The van der Waals surface area contributed by atoms with Gasteiger partial charge in [-0.15, -0.1) is 11.3 Å². The van der Waals surface area contributed by atoms with Crippen LogP contribution in [0.1, 0.15) is 16.5 Å². The zero-order valence-electron chi connectivity index (χ0n) is 16.9. The largest absolute Gasteiger partial charge is 0.496 e. The molecule has 1 aromatic heterocycles. The highest BCUT2D eigenvalue weighted by Crippen LogP contribution is 2.50. The average molecular weight is 528 g/mol. The molecule has 1 aliphatic heterocycles. The normalized spacial score (nSPS) is 14.9. The van der Waals surface area contributed by atoms with Gasteiger partial charge in [0.1, 0.15) is 11.5 Å². The maximum Gasteiger partial charge on any atom is 0.238 e. The van der Waals surface area contributed by atoms with E-state index in [9.17, 15) is 8.42 Å². The summed E-state index contributed by atoms with van der Waals surface area (Å²) >= 11 is 5.13. The van der Waals surface area contributed by atoms with E-state index >= 15 is 0 Å². The van der Waals surface area contributed by atoms with Gasteiger partial charge in [0.05, 0.1) is 26.2 Å². The molecule has 1 unspecified atom stereocenters. The summed E-state index contributed by atoms with van der Waals surface area (Å²) in [5.74, 6) is 1.45. The number of hydrogen-bond acceptors (Lipinski definition) is 5. The highest BCUT2D eigenvalue weighted by Gasteiger charge is 2.31. The topological polar surface area (TPSA) is 78.6 Å². The first-order valence-corrected chi connectivity index (χ1v) is 12.9. The minimum absolute atomic E-state index is 0.0880.